The standard InChI is InChI=1S/C51H52N6O6/c1-30(2)47(55-51(61)63-4)50(60)57-23-9-13-45(57)48-52-29-43(54-48)37-17-16-33-24-32(14-15-34(33)26-37)35-18-20-38-36(25-35)19-21-41-40(38)27-42(53-41)44-12-8-22-56(44)49(59)39(28-46(58)62-3)31-10-6-5-7-11-31/h5-7,10-11,14-21,24-26,29-30,39,44-45,47H,8-9,12-13,22-23,27-28H2,1-4H3,(H,52,54)(H,55,61)/t39-,44+,45+,47+/m1/s1. The van der Waals surface area contributed by atoms with Crippen LogP contribution in [0.25, 0.3) is 43.9 Å². The Labute approximate surface area is 366 Å². The van der Waals surface area contributed by atoms with Crippen LogP contribution in [0.4, 0.5) is 10.5 Å². The fourth-order valence-electron chi connectivity index (χ4n) is 9.72. The van der Waals surface area contributed by atoms with Gasteiger partial charge in [0.05, 0.1) is 56.2 Å². The average Bonchev–Trinajstić information content (AvgIpc) is 4.16. The van der Waals surface area contributed by atoms with Gasteiger partial charge in [-0.15, -0.1) is 0 Å². The molecule has 322 valence electrons. The van der Waals surface area contributed by atoms with Gasteiger partial charge in [-0.1, -0.05) is 86.6 Å². The monoisotopic (exact) mass is 844 g/mol. The SMILES string of the molecule is COC(=O)C[C@@H](C(=O)N1CCC[C@H]1C1=Nc2ccc3cc(-c4ccc5cc(-c6cnc([C@@H]7CCCN7C(=O)[C@@H](NC(=O)OC)C(C)C)[nH]6)ccc5c4)ccc3c2C1)c1ccccc1. The summed E-state index contributed by atoms with van der Waals surface area (Å²) in [6, 6.07) is 32.2. The van der Waals surface area contributed by atoms with E-state index in [1.807, 2.05) is 60.2 Å². The first kappa shape index (κ1) is 41.5. The van der Waals surface area contributed by atoms with Gasteiger partial charge in [0.2, 0.25) is 11.8 Å². The van der Waals surface area contributed by atoms with Crippen LogP contribution in [-0.4, -0.2) is 88.7 Å². The Hall–Kier alpha value is -6.82. The van der Waals surface area contributed by atoms with Crippen LogP contribution in [0.5, 0.6) is 0 Å². The number of benzene rings is 5. The topological polar surface area (TPSA) is 146 Å². The van der Waals surface area contributed by atoms with Gasteiger partial charge in [-0.05, 0) is 99.7 Å². The predicted octanol–water partition coefficient (Wildman–Crippen LogP) is 9.06. The molecule has 5 aromatic carbocycles. The Morgan fingerprint density at radius 2 is 1.41 bits per heavy atom. The number of hydrogen-bond donors (Lipinski definition) is 2. The van der Waals surface area contributed by atoms with Crippen molar-refractivity contribution < 1.29 is 28.7 Å². The molecule has 63 heavy (non-hydrogen) atoms. The van der Waals surface area contributed by atoms with Crippen molar-refractivity contribution >= 4 is 56.8 Å². The number of rotatable bonds is 11. The van der Waals surface area contributed by atoms with Gasteiger partial charge in [0.1, 0.15) is 11.9 Å². The molecular formula is C51H52N6O6. The van der Waals surface area contributed by atoms with Gasteiger partial charge in [-0.2, -0.15) is 0 Å². The van der Waals surface area contributed by atoms with Crippen LogP contribution in [0.3, 0.4) is 0 Å². The fraction of sp³-hybridized carbons (Fsp3) is 0.333. The number of aliphatic imine (C=N–C) groups is 1. The van der Waals surface area contributed by atoms with Crippen molar-refractivity contribution in [3.8, 4) is 22.4 Å². The number of amides is 3. The normalized spacial score (nSPS) is 18.1. The molecule has 2 N–H and O–H groups in total. The molecule has 4 atom stereocenters. The zero-order valence-electron chi connectivity index (χ0n) is 36.1. The highest BCUT2D eigenvalue weighted by atomic mass is 16.5. The number of alkyl carbamates (subject to hydrolysis) is 1. The number of carbonyl (C=O) groups excluding carboxylic acids is 4. The number of ether oxygens (including phenoxy) is 2. The Kier molecular flexibility index (Phi) is 11.5. The highest BCUT2D eigenvalue weighted by molar-refractivity contribution is 6.06. The van der Waals surface area contributed by atoms with Gasteiger partial charge in [0, 0.05) is 30.8 Å². The lowest BCUT2D eigenvalue weighted by Gasteiger charge is -2.30. The lowest BCUT2D eigenvalue weighted by molar-refractivity contribution is -0.144. The van der Waals surface area contributed by atoms with Gasteiger partial charge in [0.25, 0.3) is 0 Å². The molecule has 6 aromatic rings. The number of esters is 1. The summed E-state index contributed by atoms with van der Waals surface area (Å²) in [5.74, 6) is -0.578. The molecule has 0 bridgehead atoms. The molecule has 0 unspecified atom stereocenters. The highest BCUT2D eigenvalue weighted by Crippen LogP contribution is 2.40. The largest absolute Gasteiger partial charge is 0.469 e. The lowest BCUT2D eigenvalue weighted by Crippen LogP contribution is -2.51. The first-order chi connectivity index (χ1) is 30.6. The van der Waals surface area contributed by atoms with Gasteiger partial charge in [-0.25, -0.2) is 9.78 Å². The summed E-state index contributed by atoms with van der Waals surface area (Å²) in [6.07, 6.45) is 5.24. The molecule has 2 saturated heterocycles. The Morgan fingerprint density at radius 3 is 2.13 bits per heavy atom. The smallest absolute Gasteiger partial charge is 0.407 e. The molecule has 0 radical (unpaired) electrons. The van der Waals surface area contributed by atoms with Gasteiger partial charge >= 0.3 is 12.1 Å². The summed E-state index contributed by atoms with van der Waals surface area (Å²) in [7, 11) is 2.66. The van der Waals surface area contributed by atoms with Crippen LogP contribution < -0.4 is 5.32 Å². The number of nitrogens with one attached hydrogen (secondary N) is 2. The minimum atomic E-state index is -0.689. The molecule has 0 saturated carbocycles. The first-order valence-electron chi connectivity index (χ1n) is 21.9. The second-order valence-electron chi connectivity index (χ2n) is 17.2. The lowest BCUT2D eigenvalue weighted by atomic mass is 9.92. The second kappa shape index (κ2) is 17.5. The third-order valence-electron chi connectivity index (χ3n) is 13.1. The molecule has 12 heteroatoms. The number of likely N-dealkylation sites (tertiary alicyclic amines) is 2. The molecule has 3 aliphatic heterocycles. The summed E-state index contributed by atoms with van der Waals surface area (Å²) in [4.78, 5) is 69.4. The number of carbonyl (C=O) groups is 4. The molecule has 3 amide bonds. The number of fused-ring (bicyclic) bond motifs is 4. The van der Waals surface area contributed by atoms with E-state index in [1.54, 1.807) is 0 Å². The maximum absolute atomic E-state index is 14.2. The number of aromatic amines is 1. The van der Waals surface area contributed by atoms with Crippen molar-refractivity contribution in [1.82, 2.24) is 25.1 Å². The van der Waals surface area contributed by atoms with E-state index in [2.05, 4.69) is 77.0 Å². The van der Waals surface area contributed by atoms with Gasteiger partial charge in [-0.3, -0.25) is 19.4 Å². The summed E-state index contributed by atoms with van der Waals surface area (Å²) >= 11 is 0. The Balaban J connectivity index is 0.900. The van der Waals surface area contributed by atoms with Crippen LogP contribution in [-0.2, 0) is 30.3 Å². The average molecular weight is 845 g/mol. The van der Waals surface area contributed by atoms with Gasteiger partial charge < -0.3 is 29.6 Å². The van der Waals surface area contributed by atoms with Crippen molar-refractivity contribution in [2.24, 2.45) is 10.9 Å². The number of imidazole rings is 1. The molecule has 9 rings (SSSR count). The maximum atomic E-state index is 14.2. The minimum absolute atomic E-state index is 0.00215. The van der Waals surface area contributed by atoms with E-state index in [1.165, 1.54) is 19.8 Å². The van der Waals surface area contributed by atoms with Crippen molar-refractivity contribution in [2.75, 3.05) is 27.3 Å². The number of H-pyrrole nitrogens is 1. The van der Waals surface area contributed by atoms with Crippen molar-refractivity contribution in [1.29, 1.82) is 0 Å². The molecule has 0 aliphatic carbocycles. The van der Waals surface area contributed by atoms with E-state index in [0.29, 0.717) is 19.5 Å². The van der Waals surface area contributed by atoms with E-state index in [0.717, 1.165) is 92.4 Å². The van der Waals surface area contributed by atoms with E-state index in [9.17, 15) is 19.2 Å². The molecule has 0 spiro atoms. The summed E-state index contributed by atoms with van der Waals surface area (Å²) in [6.45, 7) is 5.05. The minimum Gasteiger partial charge on any atom is -0.469 e. The zero-order chi connectivity index (χ0) is 43.8. The predicted molar refractivity (Wildman–Crippen MR) is 244 cm³/mol. The van der Waals surface area contributed by atoms with E-state index >= 15 is 0 Å². The van der Waals surface area contributed by atoms with E-state index in [-0.39, 0.29) is 36.2 Å². The van der Waals surface area contributed by atoms with Crippen LogP contribution in [0.2, 0.25) is 0 Å². The summed E-state index contributed by atoms with van der Waals surface area (Å²) < 4.78 is 9.77. The molecule has 3 aliphatic rings. The molecule has 4 heterocycles. The number of methoxy groups -OCH3 is 2. The summed E-state index contributed by atoms with van der Waals surface area (Å²) in [5, 5.41) is 7.22. The number of hydrogen-bond acceptors (Lipinski definition) is 8. The second-order valence-corrected chi connectivity index (χ2v) is 17.2. The fourth-order valence-corrected chi connectivity index (χ4v) is 9.72. The van der Waals surface area contributed by atoms with Crippen LogP contribution in [0, 0.1) is 5.92 Å². The van der Waals surface area contributed by atoms with Crippen molar-refractivity contribution in [2.45, 2.75) is 76.4 Å². The number of nitrogens with zero attached hydrogens (tertiary/aromatic N) is 4. The Bertz CT molecular complexity index is 2760. The van der Waals surface area contributed by atoms with Crippen molar-refractivity contribution in [3.05, 3.63) is 120 Å². The summed E-state index contributed by atoms with van der Waals surface area (Å²) in [5.41, 5.74) is 8.05. The third-order valence-corrected chi connectivity index (χ3v) is 13.1. The molecule has 12 nitrogen and oxygen atoms in total. The van der Waals surface area contributed by atoms with Gasteiger partial charge in [0.15, 0.2) is 0 Å². The van der Waals surface area contributed by atoms with E-state index in [4.69, 9.17) is 19.5 Å². The van der Waals surface area contributed by atoms with Crippen LogP contribution in [0.1, 0.15) is 74.9 Å². The van der Waals surface area contributed by atoms with E-state index < -0.39 is 24.0 Å². The molecule has 1 aromatic heterocycles. The van der Waals surface area contributed by atoms with Crippen LogP contribution >= 0.6 is 0 Å². The van der Waals surface area contributed by atoms with Crippen LogP contribution in [0.15, 0.2) is 108 Å². The first-order valence-corrected chi connectivity index (χ1v) is 21.9. The molecule has 2 fully saturated rings. The third kappa shape index (κ3) is 8.17. The highest BCUT2D eigenvalue weighted by Gasteiger charge is 2.40. The quantitative estimate of drug-likeness (QED) is 0.124. The molecular weight excluding hydrogens is 793 g/mol. The number of aromatic nitrogens is 2. The zero-order valence-corrected chi connectivity index (χ0v) is 36.1. The van der Waals surface area contributed by atoms with Crippen molar-refractivity contribution in [3.63, 3.8) is 0 Å². The maximum Gasteiger partial charge on any atom is 0.407 e. The Morgan fingerprint density at radius 1 is 0.762 bits per heavy atom.